The Kier molecular flexibility index (Phi) is 8.37. The molecule has 0 fully saturated rings. The van der Waals surface area contributed by atoms with Gasteiger partial charge in [0.25, 0.3) is 11.8 Å². The highest BCUT2D eigenvalue weighted by molar-refractivity contribution is 6.30. The molecule has 28 heavy (non-hydrogen) atoms. The largest absolute Gasteiger partial charge is 0.484 e. The molecule has 0 atom stereocenters. The summed E-state index contributed by atoms with van der Waals surface area (Å²) in [7, 11) is 0. The molecule has 0 aliphatic heterocycles. The Bertz CT molecular complexity index is 804. The zero-order valence-corrected chi connectivity index (χ0v) is 16.4. The molecule has 0 bridgehead atoms. The summed E-state index contributed by atoms with van der Waals surface area (Å²) in [5.74, 6) is 0.615. The first-order valence-electron chi connectivity index (χ1n) is 8.74. The van der Waals surface area contributed by atoms with E-state index in [4.69, 9.17) is 21.1 Å². The summed E-state index contributed by atoms with van der Waals surface area (Å²) >= 11 is 5.78. The number of benzene rings is 2. The molecule has 0 saturated carbocycles. The van der Waals surface area contributed by atoms with Crippen molar-refractivity contribution in [3.05, 3.63) is 71.4 Å². The van der Waals surface area contributed by atoms with Crippen LogP contribution in [0, 0.1) is 6.92 Å². The maximum atomic E-state index is 11.9. The molecule has 0 unspecified atom stereocenters. The number of halogens is 1. The van der Waals surface area contributed by atoms with Crippen LogP contribution in [0.3, 0.4) is 0 Å². The Morgan fingerprint density at radius 1 is 0.929 bits per heavy atom. The fourth-order valence-electron chi connectivity index (χ4n) is 2.16. The van der Waals surface area contributed by atoms with Crippen LogP contribution in [0.5, 0.6) is 11.5 Å². The molecule has 0 aromatic heterocycles. The van der Waals surface area contributed by atoms with E-state index in [0.29, 0.717) is 35.2 Å². The predicted molar refractivity (Wildman–Crippen MR) is 109 cm³/mol. The van der Waals surface area contributed by atoms with Crippen molar-refractivity contribution >= 4 is 23.4 Å². The summed E-state index contributed by atoms with van der Waals surface area (Å²) in [6.07, 6.45) is 0.406. The lowest BCUT2D eigenvalue weighted by Gasteiger charge is -2.11. The smallest absolute Gasteiger partial charge is 0.262 e. The van der Waals surface area contributed by atoms with Gasteiger partial charge < -0.3 is 20.1 Å². The first-order valence-corrected chi connectivity index (χ1v) is 9.12. The molecule has 2 aromatic carbocycles. The Balaban J connectivity index is 1.58. The fourth-order valence-corrected chi connectivity index (χ4v) is 2.29. The minimum absolute atomic E-state index is 0.106. The van der Waals surface area contributed by atoms with Gasteiger partial charge in [-0.1, -0.05) is 35.9 Å². The van der Waals surface area contributed by atoms with Gasteiger partial charge >= 0.3 is 0 Å². The quantitative estimate of drug-likeness (QED) is 0.639. The number of ether oxygens (including phenoxy) is 2. The molecule has 6 nitrogen and oxygen atoms in total. The summed E-state index contributed by atoms with van der Waals surface area (Å²) in [5, 5.41) is 5.94. The van der Waals surface area contributed by atoms with E-state index in [-0.39, 0.29) is 25.0 Å². The number of amides is 2. The molecule has 0 aliphatic carbocycles. The van der Waals surface area contributed by atoms with Crippen LogP contribution in [-0.2, 0) is 9.59 Å². The van der Waals surface area contributed by atoms with Crippen LogP contribution in [0.25, 0.3) is 0 Å². The van der Waals surface area contributed by atoms with Crippen LogP contribution in [0.15, 0.2) is 60.8 Å². The van der Waals surface area contributed by atoms with Crippen molar-refractivity contribution < 1.29 is 19.1 Å². The third-order valence-electron chi connectivity index (χ3n) is 3.64. The monoisotopic (exact) mass is 402 g/mol. The van der Waals surface area contributed by atoms with Crippen LogP contribution >= 0.6 is 11.6 Å². The van der Waals surface area contributed by atoms with Crippen molar-refractivity contribution in [2.45, 2.75) is 13.3 Å². The molecule has 2 aromatic rings. The van der Waals surface area contributed by atoms with E-state index < -0.39 is 0 Å². The highest BCUT2D eigenvalue weighted by Gasteiger charge is 2.06. The Labute approximate surface area is 169 Å². The third-order valence-corrected chi connectivity index (χ3v) is 3.89. The van der Waals surface area contributed by atoms with Gasteiger partial charge in [-0.3, -0.25) is 9.59 Å². The lowest BCUT2D eigenvalue weighted by atomic mass is 10.2. The Morgan fingerprint density at radius 2 is 1.46 bits per heavy atom. The van der Waals surface area contributed by atoms with E-state index in [2.05, 4.69) is 17.2 Å². The van der Waals surface area contributed by atoms with Crippen LogP contribution in [0.1, 0.15) is 12.0 Å². The van der Waals surface area contributed by atoms with Gasteiger partial charge in [0.15, 0.2) is 13.2 Å². The van der Waals surface area contributed by atoms with Crippen LogP contribution in [0.2, 0.25) is 5.02 Å². The number of nitrogens with one attached hydrogen (secondary N) is 2. The summed E-state index contributed by atoms with van der Waals surface area (Å²) in [5.41, 5.74) is 1.61. The maximum Gasteiger partial charge on any atom is 0.262 e. The Morgan fingerprint density at radius 3 is 2.07 bits per heavy atom. The second-order valence-electron chi connectivity index (χ2n) is 6.10. The van der Waals surface area contributed by atoms with Crippen molar-refractivity contribution in [1.29, 1.82) is 0 Å². The van der Waals surface area contributed by atoms with Gasteiger partial charge in [-0.05, 0) is 43.3 Å². The van der Waals surface area contributed by atoms with Crippen LogP contribution < -0.4 is 20.1 Å². The maximum absolute atomic E-state index is 11.9. The molecular formula is C21H23ClN2O4. The van der Waals surface area contributed by atoms with Crippen molar-refractivity contribution in [2.24, 2.45) is 0 Å². The summed E-state index contributed by atoms with van der Waals surface area (Å²) in [4.78, 5) is 23.6. The lowest BCUT2D eigenvalue weighted by molar-refractivity contribution is -0.123. The number of rotatable bonds is 10. The zero-order chi connectivity index (χ0) is 20.4. The lowest BCUT2D eigenvalue weighted by Crippen LogP contribution is -2.32. The van der Waals surface area contributed by atoms with Crippen molar-refractivity contribution in [3.63, 3.8) is 0 Å². The highest BCUT2D eigenvalue weighted by atomic mass is 35.5. The minimum Gasteiger partial charge on any atom is -0.484 e. The van der Waals surface area contributed by atoms with E-state index in [1.54, 1.807) is 36.4 Å². The average molecular weight is 403 g/mol. The molecular weight excluding hydrogens is 380 g/mol. The van der Waals surface area contributed by atoms with Gasteiger partial charge in [-0.2, -0.15) is 0 Å². The standard InChI is InChI=1S/C21H23ClN2O4/c1-15-3-7-18(8-4-15)28-14-21(26)24-16(2)11-12-23-20(25)13-27-19-9-5-17(22)6-10-19/h3-10H,2,11-14H2,1H3,(H,23,25)(H,24,26). The molecule has 0 radical (unpaired) electrons. The first kappa shape index (κ1) is 21.3. The molecule has 0 saturated heterocycles. The van der Waals surface area contributed by atoms with Gasteiger partial charge in [0.2, 0.25) is 0 Å². The van der Waals surface area contributed by atoms with Crippen molar-refractivity contribution in [2.75, 3.05) is 19.8 Å². The average Bonchev–Trinajstić information content (AvgIpc) is 2.67. The van der Waals surface area contributed by atoms with Gasteiger partial charge in [0.1, 0.15) is 11.5 Å². The van der Waals surface area contributed by atoms with E-state index >= 15 is 0 Å². The number of carbonyl (C=O) groups is 2. The fraction of sp³-hybridized carbons (Fsp3) is 0.238. The molecule has 2 N–H and O–H groups in total. The number of carbonyl (C=O) groups excluding carboxylic acids is 2. The van der Waals surface area contributed by atoms with E-state index in [0.717, 1.165) is 5.56 Å². The molecule has 2 amide bonds. The van der Waals surface area contributed by atoms with Crippen molar-refractivity contribution in [1.82, 2.24) is 10.6 Å². The van der Waals surface area contributed by atoms with E-state index in [9.17, 15) is 9.59 Å². The molecule has 7 heteroatoms. The molecule has 0 spiro atoms. The van der Waals surface area contributed by atoms with E-state index in [1.165, 1.54) is 0 Å². The molecule has 2 rings (SSSR count). The topological polar surface area (TPSA) is 76.7 Å². The summed E-state index contributed by atoms with van der Waals surface area (Å²) in [6.45, 7) is 5.87. The van der Waals surface area contributed by atoms with Crippen molar-refractivity contribution in [3.8, 4) is 11.5 Å². The number of hydrogen-bond acceptors (Lipinski definition) is 4. The highest BCUT2D eigenvalue weighted by Crippen LogP contribution is 2.15. The second-order valence-corrected chi connectivity index (χ2v) is 6.53. The predicted octanol–water partition coefficient (Wildman–Crippen LogP) is 3.24. The second kappa shape index (κ2) is 11.0. The molecule has 0 aliphatic rings. The minimum atomic E-state index is -0.303. The first-order chi connectivity index (χ1) is 13.4. The van der Waals surface area contributed by atoms with Gasteiger partial charge in [0, 0.05) is 23.7 Å². The zero-order valence-electron chi connectivity index (χ0n) is 15.7. The number of hydrogen-bond donors (Lipinski definition) is 2. The van der Waals surface area contributed by atoms with Gasteiger partial charge in [-0.25, -0.2) is 0 Å². The number of aryl methyl sites for hydroxylation is 1. The normalized spacial score (nSPS) is 10.1. The van der Waals surface area contributed by atoms with Gasteiger partial charge in [-0.15, -0.1) is 0 Å². The Hall–Kier alpha value is -2.99. The van der Waals surface area contributed by atoms with Crippen LogP contribution in [0.4, 0.5) is 0 Å². The van der Waals surface area contributed by atoms with E-state index in [1.807, 2.05) is 19.1 Å². The van der Waals surface area contributed by atoms with Crippen LogP contribution in [-0.4, -0.2) is 31.6 Å². The summed E-state index contributed by atoms with van der Waals surface area (Å²) < 4.78 is 10.7. The SMILES string of the molecule is C=C(CCNC(=O)COc1ccc(Cl)cc1)NC(=O)COc1ccc(C)cc1. The van der Waals surface area contributed by atoms with Gasteiger partial charge in [0.05, 0.1) is 0 Å². The molecule has 148 valence electrons. The third kappa shape index (κ3) is 8.14. The summed E-state index contributed by atoms with van der Waals surface area (Å²) in [6, 6.07) is 14.2. The molecule has 0 heterocycles.